The minimum absolute atomic E-state index is 0.0773. The molecule has 0 fully saturated rings. The maximum atomic E-state index is 10.3. The number of carbonyl (C=O) groups excluding carboxylic acids is 2. The molecule has 0 bridgehead atoms. The van der Waals surface area contributed by atoms with Gasteiger partial charge in [0.25, 0.3) is 0 Å². The molecule has 0 spiro atoms. The fraction of sp³-hybridized carbons (Fsp3) is 0.667. The van der Waals surface area contributed by atoms with Gasteiger partial charge in [-0.1, -0.05) is 0 Å². The van der Waals surface area contributed by atoms with Crippen molar-refractivity contribution in [1.29, 1.82) is 5.26 Å². The van der Waals surface area contributed by atoms with E-state index in [4.69, 9.17) is 5.26 Å². The van der Waals surface area contributed by atoms with Crippen molar-refractivity contribution in [2.24, 2.45) is 0 Å². The van der Waals surface area contributed by atoms with E-state index in [1.54, 1.807) is 14.0 Å². The Kier molecular flexibility index (Phi) is 10.1. The van der Waals surface area contributed by atoms with Gasteiger partial charge in [0, 0.05) is 20.9 Å². The third-order valence-electron chi connectivity index (χ3n) is 1.19. The van der Waals surface area contributed by atoms with E-state index in [0.717, 1.165) is 0 Å². The second-order valence-corrected chi connectivity index (χ2v) is 2.46. The molecule has 0 rings (SSSR count). The van der Waals surface area contributed by atoms with Gasteiger partial charge in [-0.15, -0.1) is 0 Å². The highest BCUT2D eigenvalue weighted by Crippen LogP contribution is 1.78. The summed E-state index contributed by atoms with van der Waals surface area (Å²) < 4.78 is 4.40. The van der Waals surface area contributed by atoms with E-state index in [0.29, 0.717) is 6.61 Å². The van der Waals surface area contributed by atoms with Crippen LogP contribution >= 0.6 is 0 Å². The first kappa shape index (κ1) is 14.9. The summed E-state index contributed by atoms with van der Waals surface area (Å²) >= 11 is 0. The van der Waals surface area contributed by atoms with Gasteiger partial charge in [0.2, 0.25) is 5.91 Å². The van der Waals surface area contributed by atoms with Crippen LogP contribution in [0.2, 0.25) is 0 Å². The Hall–Kier alpha value is -1.57. The van der Waals surface area contributed by atoms with Crippen LogP contribution < -0.4 is 0 Å². The molecule has 0 unspecified atom stereocenters. The highest BCUT2D eigenvalue weighted by Gasteiger charge is 1.96. The van der Waals surface area contributed by atoms with Gasteiger partial charge in [-0.2, -0.15) is 5.26 Å². The van der Waals surface area contributed by atoms with Gasteiger partial charge in [-0.25, -0.2) is 0 Å². The Morgan fingerprint density at radius 3 is 2.00 bits per heavy atom. The summed E-state index contributed by atoms with van der Waals surface area (Å²) in [6.45, 7) is 5.26. The molecule has 0 saturated carbocycles. The van der Waals surface area contributed by atoms with Crippen molar-refractivity contribution in [3.63, 3.8) is 0 Å². The number of amides is 1. The fourth-order valence-electron chi connectivity index (χ4n) is 0.421. The molecule has 80 valence electrons. The Bertz CT molecular complexity index is 221. The molecule has 1 amide bonds. The number of hydrogen-bond donors (Lipinski definition) is 0. The lowest BCUT2D eigenvalue weighted by Crippen LogP contribution is -2.23. The summed E-state index contributed by atoms with van der Waals surface area (Å²) in [5.41, 5.74) is 0. The molecule has 14 heavy (non-hydrogen) atoms. The molecule has 0 aromatic heterocycles. The quantitative estimate of drug-likeness (QED) is 0.482. The van der Waals surface area contributed by atoms with Crippen molar-refractivity contribution in [2.45, 2.75) is 20.8 Å². The molecule has 5 nitrogen and oxygen atoms in total. The number of hydrogen-bond acceptors (Lipinski definition) is 4. The average Bonchev–Trinajstić information content (AvgIpc) is 2.05. The van der Waals surface area contributed by atoms with Crippen LogP contribution in [0.1, 0.15) is 20.8 Å². The van der Waals surface area contributed by atoms with Crippen LogP contribution in [0.25, 0.3) is 0 Å². The van der Waals surface area contributed by atoms with Crippen LogP contribution in [0.4, 0.5) is 0 Å². The van der Waals surface area contributed by atoms with E-state index in [1.807, 2.05) is 6.07 Å². The van der Waals surface area contributed by atoms with Crippen molar-refractivity contribution in [1.82, 2.24) is 4.90 Å². The molecule has 0 aliphatic carbocycles. The van der Waals surface area contributed by atoms with Crippen LogP contribution in [-0.2, 0) is 14.3 Å². The van der Waals surface area contributed by atoms with Crippen LogP contribution in [0.15, 0.2) is 0 Å². The van der Waals surface area contributed by atoms with Gasteiger partial charge in [-0.05, 0) is 6.92 Å². The Morgan fingerprint density at radius 1 is 1.43 bits per heavy atom. The summed E-state index contributed by atoms with van der Waals surface area (Å²) in [6.07, 6.45) is 0. The third kappa shape index (κ3) is 13.1. The number of nitriles is 1. The largest absolute Gasteiger partial charge is 0.466 e. The lowest BCUT2D eigenvalue weighted by atomic mass is 10.5. The predicted octanol–water partition coefficient (Wildman–Crippen LogP) is 0.558. The van der Waals surface area contributed by atoms with Gasteiger partial charge < -0.3 is 9.64 Å². The van der Waals surface area contributed by atoms with Gasteiger partial charge in [0.1, 0.15) is 6.54 Å². The lowest BCUT2D eigenvalue weighted by Gasteiger charge is -2.07. The second kappa shape index (κ2) is 9.52. The maximum absolute atomic E-state index is 10.3. The van der Waals surface area contributed by atoms with E-state index >= 15 is 0 Å². The van der Waals surface area contributed by atoms with Crippen molar-refractivity contribution in [2.75, 3.05) is 20.2 Å². The average molecular weight is 200 g/mol. The zero-order chi connectivity index (χ0) is 11.6. The molecule has 0 heterocycles. The van der Waals surface area contributed by atoms with E-state index in [2.05, 4.69) is 4.74 Å². The van der Waals surface area contributed by atoms with Gasteiger partial charge in [0.15, 0.2) is 0 Å². The van der Waals surface area contributed by atoms with Crippen LogP contribution in [-0.4, -0.2) is 37.0 Å². The van der Waals surface area contributed by atoms with E-state index in [9.17, 15) is 9.59 Å². The van der Waals surface area contributed by atoms with Crippen LogP contribution in [0.3, 0.4) is 0 Å². The SMILES string of the molecule is CC(=O)N(C)CC#N.CCOC(C)=O. The third-order valence-corrected chi connectivity index (χ3v) is 1.19. The van der Waals surface area contributed by atoms with Gasteiger partial charge in [0.05, 0.1) is 12.7 Å². The lowest BCUT2D eigenvalue weighted by molar-refractivity contribution is -0.140. The molecule has 0 N–H and O–H groups in total. The standard InChI is InChI=1S/C5H8N2O.C4H8O2/c1-5(8)7(2)4-3-6;1-3-6-4(2)5/h4H2,1-2H3;3H2,1-2H3. The zero-order valence-electron chi connectivity index (χ0n) is 9.03. The number of nitrogens with zero attached hydrogens (tertiary/aromatic N) is 2. The Morgan fingerprint density at radius 2 is 1.93 bits per heavy atom. The van der Waals surface area contributed by atoms with E-state index < -0.39 is 0 Å². The summed E-state index contributed by atoms with van der Waals surface area (Å²) in [4.78, 5) is 21.5. The van der Waals surface area contributed by atoms with Crippen molar-refractivity contribution < 1.29 is 14.3 Å². The van der Waals surface area contributed by atoms with Crippen molar-refractivity contribution in [3.8, 4) is 6.07 Å². The van der Waals surface area contributed by atoms with Crippen molar-refractivity contribution >= 4 is 11.9 Å². The minimum Gasteiger partial charge on any atom is -0.466 e. The zero-order valence-corrected chi connectivity index (χ0v) is 9.03. The molecule has 0 atom stereocenters. The molecular weight excluding hydrogens is 184 g/mol. The smallest absolute Gasteiger partial charge is 0.302 e. The first-order valence-electron chi connectivity index (χ1n) is 4.17. The first-order valence-corrected chi connectivity index (χ1v) is 4.17. The first-order chi connectivity index (χ1) is 6.45. The van der Waals surface area contributed by atoms with Crippen LogP contribution in [0, 0.1) is 11.3 Å². The van der Waals surface area contributed by atoms with E-state index in [1.165, 1.54) is 18.7 Å². The molecule has 5 heteroatoms. The number of esters is 1. The summed E-state index contributed by atoms with van der Waals surface area (Å²) in [5, 5.41) is 8.04. The number of carbonyl (C=O) groups is 2. The Balaban J connectivity index is 0. The minimum atomic E-state index is -0.211. The van der Waals surface area contributed by atoms with Gasteiger partial charge in [-0.3, -0.25) is 9.59 Å². The number of ether oxygens (including phenoxy) is 1. The normalized spacial score (nSPS) is 7.64. The molecule has 0 aliphatic rings. The van der Waals surface area contributed by atoms with E-state index in [-0.39, 0.29) is 18.4 Å². The van der Waals surface area contributed by atoms with Gasteiger partial charge >= 0.3 is 5.97 Å². The summed E-state index contributed by atoms with van der Waals surface area (Å²) in [6, 6.07) is 1.85. The summed E-state index contributed by atoms with van der Waals surface area (Å²) in [7, 11) is 1.59. The monoisotopic (exact) mass is 200 g/mol. The Labute approximate surface area is 84.3 Å². The van der Waals surface area contributed by atoms with Crippen molar-refractivity contribution in [3.05, 3.63) is 0 Å². The molecule has 0 aliphatic heterocycles. The number of rotatable bonds is 2. The molecule has 0 aromatic rings. The fourth-order valence-corrected chi connectivity index (χ4v) is 0.421. The van der Waals surface area contributed by atoms with Crippen LogP contribution in [0.5, 0.6) is 0 Å². The topological polar surface area (TPSA) is 70.4 Å². The predicted molar refractivity (Wildman–Crippen MR) is 51.2 cm³/mol. The molecule has 0 aromatic carbocycles. The second-order valence-electron chi connectivity index (χ2n) is 2.46. The molecule has 0 radical (unpaired) electrons. The summed E-state index contributed by atoms with van der Waals surface area (Å²) in [5.74, 6) is -0.288. The highest BCUT2D eigenvalue weighted by atomic mass is 16.5. The maximum Gasteiger partial charge on any atom is 0.302 e. The molecular formula is C9H16N2O3. The molecule has 0 saturated heterocycles. The highest BCUT2D eigenvalue weighted by molar-refractivity contribution is 5.73.